The molecular weight excluding hydrogens is 408 g/mol. The Kier molecular flexibility index (Phi) is 7.44. The zero-order chi connectivity index (χ0) is 19.8. The quantitative estimate of drug-likeness (QED) is 0.499. The molecule has 0 unspecified atom stereocenters. The SMILES string of the molecule is CCOc1cc(/C=C(/C#N)C(=O)Nc2ccc(CC)cc2)c(Br)cc1OC. The van der Waals surface area contributed by atoms with Crippen LogP contribution in [0.15, 0.2) is 46.4 Å². The van der Waals surface area contributed by atoms with Gasteiger partial charge < -0.3 is 14.8 Å². The number of aryl methyl sites for hydroxylation is 1. The summed E-state index contributed by atoms with van der Waals surface area (Å²) in [4.78, 5) is 12.5. The standard InChI is InChI=1S/C21H21BrN2O3/c1-4-14-6-8-17(9-7-14)24-21(25)16(13-23)10-15-11-20(27-5-2)19(26-3)12-18(15)22/h6-12H,4-5H2,1-3H3,(H,24,25)/b16-10-. The number of rotatable bonds is 7. The van der Waals surface area contributed by atoms with Crippen molar-refractivity contribution in [1.29, 1.82) is 5.26 Å². The minimum absolute atomic E-state index is 0.0112. The molecule has 140 valence electrons. The molecular formula is C21H21BrN2O3. The van der Waals surface area contributed by atoms with Crippen molar-refractivity contribution in [3.8, 4) is 17.6 Å². The summed E-state index contributed by atoms with van der Waals surface area (Å²) < 4.78 is 11.5. The number of hydrogen-bond donors (Lipinski definition) is 1. The summed E-state index contributed by atoms with van der Waals surface area (Å²) in [6, 6.07) is 13.0. The predicted octanol–water partition coefficient (Wildman–Crippen LogP) is 4.96. The minimum atomic E-state index is -0.470. The van der Waals surface area contributed by atoms with Gasteiger partial charge in [-0.2, -0.15) is 5.26 Å². The van der Waals surface area contributed by atoms with Crippen LogP contribution in [-0.2, 0) is 11.2 Å². The van der Waals surface area contributed by atoms with Gasteiger partial charge in [0.25, 0.3) is 5.91 Å². The van der Waals surface area contributed by atoms with E-state index in [4.69, 9.17) is 9.47 Å². The van der Waals surface area contributed by atoms with Gasteiger partial charge in [-0.05, 0) is 54.8 Å². The average Bonchev–Trinajstić information content (AvgIpc) is 2.68. The highest BCUT2D eigenvalue weighted by molar-refractivity contribution is 9.10. The van der Waals surface area contributed by atoms with Gasteiger partial charge in [-0.1, -0.05) is 35.0 Å². The summed E-state index contributed by atoms with van der Waals surface area (Å²) in [5, 5.41) is 12.2. The molecule has 1 amide bonds. The molecule has 0 heterocycles. The zero-order valence-corrected chi connectivity index (χ0v) is 17.1. The molecule has 0 saturated heterocycles. The average molecular weight is 429 g/mol. The third-order valence-corrected chi connectivity index (χ3v) is 4.55. The lowest BCUT2D eigenvalue weighted by Crippen LogP contribution is -2.13. The number of halogens is 1. The number of nitrogens with zero attached hydrogens (tertiary/aromatic N) is 1. The van der Waals surface area contributed by atoms with Crippen LogP contribution >= 0.6 is 15.9 Å². The van der Waals surface area contributed by atoms with E-state index in [0.717, 1.165) is 6.42 Å². The lowest BCUT2D eigenvalue weighted by atomic mass is 10.1. The largest absolute Gasteiger partial charge is 0.493 e. The first-order valence-corrected chi connectivity index (χ1v) is 9.34. The number of nitrogens with one attached hydrogen (secondary N) is 1. The van der Waals surface area contributed by atoms with Crippen molar-refractivity contribution in [3.63, 3.8) is 0 Å². The van der Waals surface area contributed by atoms with Gasteiger partial charge in [0.2, 0.25) is 0 Å². The van der Waals surface area contributed by atoms with E-state index in [1.54, 1.807) is 19.2 Å². The van der Waals surface area contributed by atoms with E-state index in [0.29, 0.717) is 33.8 Å². The van der Waals surface area contributed by atoms with Gasteiger partial charge in [0.1, 0.15) is 11.6 Å². The van der Waals surface area contributed by atoms with Gasteiger partial charge in [0.05, 0.1) is 13.7 Å². The van der Waals surface area contributed by atoms with Gasteiger partial charge in [0, 0.05) is 10.2 Å². The van der Waals surface area contributed by atoms with E-state index in [9.17, 15) is 10.1 Å². The Morgan fingerprint density at radius 3 is 2.48 bits per heavy atom. The van der Waals surface area contributed by atoms with Gasteiger partial charge >= 0.3 is 0 Å². The molecule has 0 spiro atoms. The maximum atomic E-state index is 12.5. The Morgan fingerprint density at radius 1 is 1.22 bits per heavy atom. The second kappa shape index (κ2) is 9.79. The second-order valence-electron chi connectivity index (χ2n) is 5.63. The lowest BCUT2D eigenvalue weighted by molar-refractivity contribution is -0.112. The van der Waals surface area contributed by atoms with Crippen molar-refractivity contribution in [1.82, 2.24) is 0 Å². The first-order valence-electron chi connectivity index (χ1n) is 8.54. The van der Waals surface area contributed by atoms with Crippen LogP contribution in [0.1, 0.15) is 25.0 Å². The Bertz CT molecular complexity index is 884. The van der Waals surface area contributed by atoms with E-state index >= 15 is 0 Å². The van der Waals surface area contributed by atoms with Gasteiger partial charge in [-0.25, -0.2) is 0 Å². The first-order chi connectivity index (χ1) is 13.0. The number of nitriles is 1. The number of carbonyl (C=O) groups excluding carboxylic acids is 1. The van der Waals surface area contributed by atoms with Crippen LogP contribution in [0.4, 0.5) is 5.69 Å². The van der Waals surface area contributed by atoms with Crippen LogP contribution in [-0.4, -0.2) is 19.6 Å². The number of methoxy groups -OCH3 is 1. The van der Waals surface area contributed by atoms with Crippen LogP contribution in [0.5, 0.6) is 11.5 Å². The molecule has 27 heavy (non-hydrogen) atoms. The van der Waals surface area contributed by atoms with Crippen LogP contribution in [0, 0.1) is 11.3 Å². The Balaban J connectivity index is 2.29. The summed E-state index contributed by atoms with van der Waals surface area (Å²) in [5.41, 5.74) is 2.45. The van der Waals surface area contributed by atoms with Crippen LogP contribution in [0.3, 0.4) is 0 Å². The van der Waals surface area contributed by atoms with E-state index in [1.807, 2.05) is 37.3 Å². The van der Waals surface area contributed by atoms with E-state index < -0.39 is 5.91 Å². The summed E-state index contributed by atoms with van der Waals surface area (Å²) in [6.45, 7) is 4.41. The van der Waals surface area contributed by atoms with Crippen molar-refractivity contribution in [3.05, 3.63) is 57.6 Å². The zero-order valence-electron chi connectivity index (χ0n) is 15.5. The highest BCUT2D eigenvalue weighted by atomic mass is 79.9. The molecule has 0 aliphatic carbocycles. The van der Waals surface area contributed by atoms with Crippen LogP contribution in [0.25, 0.3) is 6.08 Å². The maximum Gasteiger partial charge on any atom is 0.266 e. The van der Waals surface area contributed by atoms with Crippen LogP contribution < -0.4 is 14.8 Å². The molecule has 1 N–H and O–H groups in total. The molecule has 2 aromatic carbocycles. The molecule has 0 bridgehead atoms. The number of hydrogen-bond acceptors (Lipinski definition) is 4. The third kappa shape index (κ3) is 5.35. The van der Waals surface area contributed by atoms with Crippen molar-refractivity contribution >= 4 is 33.6 Å². The molecule has 6 heteroatoms. The van der Waals surface area contributed by atoms with Crippen molar-refractivity contribution in [2.75, 3.05) is 19.0 Å². The fourth-order valence-corrected chi connectivity index (χ4v) is 2.85. The lowest BCUT2D eigenvalue weighted by Gasteiger charge is -2.12. The molecule has 0 aliphatic rings. The van der Waals surface area contributed by atoms with Crippen molar-refractivity contribution in [2.24, 2.45) is 0 Å². The fourth-order valence-electron chi connectivity index (χ4n) is 2.42. The molecule has 0 atom stereocenters. The third-order valence-electron chi connectivity index (χ3n) is 3.87. The predicted molar refractivity (Wildman–Crippen MR) is 110 cm³/mol. The molecule has 2 rings (SSSR count). The summed E-state index contributed by atoms with van der Waals surface area (Å²) in [5.74, 6) is 0.643. The first kappa shape index (κ1) is 20.5. The summed E-state index contributed by atoms with van der Waals surface area (Å²) in [6.07, 6.45) is 2.44. The Labute approximate surface area is 167 Å². The van der Waals surface area contributed by atoms with Gasteiger partial charge in [-0.15, -0.1) is 0 Å². The normalized spacial score (nSPS) is 10.9. The fraction of sp³-hybridized carbons (Fsp3) is 0.238. The highest BCUT2D eigenvalue weighted by Gasteiger charge is 2.13. The van der Waals surface area contributed by atoms with Crippen LogP contribution in [0.2, 0.25) is 0 Å². The number of benzene rings is 2. The second-order valence-corrected chi connectivity index (χ2v) is 6.49. The van der Waals surface area contributed by atoms with Gasteiger partial charge in [0.15, 0.2) is 11.5 Å². The number of anilines is 1. The van der Waals surface area contributed by atoms with Crippen molar-refractivity contribution in [2.45, 2.75) is 20.3 Å². The van der Waals surface area contributed by atoms with Crippen molar-refractivity contribution < 1.29 is 14.3 Å². The Hall–Kier alpha value is -2.78. The summed E-state index contributed by atoms with van der Waals surface area (Å²) in [7, 11) is 1.55. The monoisotopic (exact) mass is 428 g/mol. The molecule has 0 radical (unpaired) electrons. The molecule has 2 aromatic rings. The number of carbonyl (C=O) groups is 1. The number of ether oxygens (including phenoxy) is 2. The van der Waals surface area contributed by atoms with E-state index in [-0.39, 0.29) is 5.57 Å². The van der Waals surface area contributed by atoms with E-state index in [2.05, 4.69) is 28.2 Å². The molecule has 0 fully saturated rings. The molecule has 5 nitrogen and oxygen atoms in total. The van der Waals surface area contributed by atoms with E-state index in [1.165, 1.54) is 11.6 Å². The highest BCUT2D eigenvalue weighted by Crippen LogP contribution is 2.34. The molecule has 0 saturated carbocycles. The summed E-state index contributed by atoms with van der Waals surface area (Å²) >= 11 is 3.44. The topological polar surface area (TPSA) is 71.3 Å². The Morgan fingerprint density at radius 2 is 1.93 bits per heavy atom. The smallest absolute Gasteiger partial charge is 0.266 e. The number of amides is 1. The van der Waals surface area contributed by atoms with Gasteiger partial charge in [-0.3, -0.25) is 4.79 Å². The molecule has 0 aromatic heterocycles. The molecule has 0 aliphatic heterocycles. The minimum Gasteiger partial charge on any atom is -0.493 e. The maximum absolute atomic E-state index is 12.5.